The number of carbonyl (C=O) groups excluding carboxylic acids is 2. The Hall–Kier alpha value is -2.90. The van der Waals surface area contributed by atoms with Crippen LogP contribution in [0.1, 0.15) is 25.6 Å². The van der Waals surface area contributed by atoms with E-state index in [2.05, 4.69) is 10.3 Å². The van der Waals surface area contributed by atoms with Gasteiger partial charge in [0.15, 0.2) is 11.5 Å². The molecule has 1 fully saturated rings. The largest absolute Gasteiger partial charge is 0.493 e. The molecule has 0 aliphatic carbocycles. The first-order valence-corrected chi connectivity index (χ1v) is 7.82. The molecule has 1 atom stereocenters. The second-order valence-electron chi connectivity index (χ2n) is 6.18. The van der Waals surface area contributed by atoms with Gasteiger partial charge in [0.25, 0.3) is 11.5 Å². The Bertz CT molecular complexity index is 949. The lowest BCUT2D eigenvalue weighted by Crippen LogP contribution is -2.56. The number of ether oxygens (including phenoxy) is 2. The highest BCUT2D eigenvalue weighted by Gasteiger charge is 2.42. The number of benzene rings is 1. The summed E-state index contributed by atoms with van der Waals surface area (Å²) in [6, 6.07) is 3.17. The molecule has 0 spiro atoms. The topological polar surface area (TPSA) is 99.5 Å². The number of nitrogens with zero attached hydrogens (tertiary/aromatic N) is 2. The normalized spacial score (nSPS) is 20.5. The SMILES string of the molecule is COc1cc2nc(C)n([C@@]3(C)CCC(=O)NC3=O)c(=O)c2cc1OC. The number of aromatic nitrogens is 2. The van der Waals surface area contributed by atoms with E-state index in [4.69, 9.17) is 9.47 Å². The number of aryl methyl sites for hydroxylation is 1. The molecular formula is C17H19N3O5. The van der Waals surface area contributed by atoms with Crippen LogP contribution in [0.15, 0.2) is 16.9 Å². The molecule has 0 radical (unpaired) electrons. The summed E-state index contributed by atoms with van der Waals surface area (Å²) >= 11 is 0. The molecule has 3 rings (SSSR count). The van der Waals surface area contributed by atoms with E-state index in [1.165, 1.54) is 18.8 Å². The summed E-state index contributed by atoms with van der Waals surface area (Å²) in [5, 5.41) is 2.62. The van der Waals surface area contributed by atoms with Crippen LogP contribution in [-0.2, 0) is 15.1 Å². The van der Waals surface area contributed by atoms with Crippen molar-refractivity contribution >= 4 is 22.7 Å². The number of nitrogens with one attached hydrogen (secondary N) is 1. The maximum atomic E-state index is 13.1. The maximum absolute atomic E-state index is 13.1. The third-order valence-corrected chi connectivity index (χ3v) is 4.62. The minimum atomic E-state index is -1.18. The van der Waals surface area contributed by atoms with Gasteiger partial charge in [0.1, 0.15) is 11.4 Å². The van der Waals surface area contributed by atoms with Crippen LogP contribution in [0.3, 0.4) is 0 Å². The second-order valence-corrected chi connectivity index (χ2v) is 6.18. The van der Waals surface area contributed by atoms with Gasteiger partial charge in [-0.3, -0.25) is 24.3 Å². The summed E-state index contributed by atoms with van der Waals surface area (Å²) in [4.78, 5) is 41.5. The summed E-state index contributed by atoms with van der Waals surface area (Å²) in [5.41, 5.74) is -1.09. The molecular weight excluding hydrogens is 326 g/mol. The van der Waals surface area contributed by atoms with Crippen molar-refractivity contribution in [1.29, 1.82) is 0 Å². The van der Waals surface area contributed by atoms with Gasteiger partial charge >= 0.3 is 0 Å². The number of imide groups is 1. The van der Waals surface area contributed by atoms with Gasteiger partial charge in [-0.05, 0) is 26.3 Å². The van der Waals surface area contributed by atoms with Crippen molar-refractivity contribution in [2.75, 3.05) is 14.2 Å². The fraction of sp³-hybridized carbons (Fsp3) is 0.412. The van der Waals surface area contributed by atoms with E-state index in [0.29, 0.717) is 28.2 Å². The van der Waals surface area contributed by atoms with Crippen LogP contribution in [0, 0.1) is 6.92 Å². The van der Waals surface area contributed by atoms with Crippen molar-refractivity contribution in [3.8, 4) is 11.5 Å². The summed E-state index contributed by atoms with van der Waals surface area (Å²) in [6.45, 7) is 3.30. The van der Waals surface area contributed by atoms with Crippen LogP contribution >= 0.6 is 0 Å². The molecule has 2 amide bonds. The molecule has 1 aliphatic rings. The predicted molar refractivity (Wildman–Crippen MR) is 89.9 cm³/mol. The molecule has 2 aromatic rings. The zero-order valence-electron chi connectivity index (χ0n) is 14.5. The van der Waals surface area contributed by atoms with Crippen LogP contribution in [0.25, 0.3) is 10.9 Å². The number of carbonyl (C=O) groups is 2. The van der Waals surface area contributed by atoms with Crippen LogP contribution in [0.4, 0.5) is 0 Å². The number of hydrogen-bond donors (Lipinski definition) is 1. The highest BCUT2D eigenvalue weighted by molar-refractivity contribution is 6.01. The Morgan fingerprint density at radius 3 is 2.40 bits per heavy atom. The first kappa shape index (κ1) is 16.9. The number of piperidine rings is 1. The summed E-state index contributed by atoms with van der Waals surface area (Å²) in [5.74, 6) is 0.407. The lowest BCUT2D eigenvalue weighted by Gasteiger charge is -2.34. The van der Waals surface area contributed by atoms with E-state index in [-0.39, 0.29) is 24.3 Å². The quantitative estimate of drug-likeness (QED) is 0.829. The Morgan fingerprint density at radius 1 is 1.16 bits per heavy atom. The number of hydrogen-bond acceptors (Lipinski definition) is 6. The van der Waals surface area contributed by atoms with Crippen LogP contribution < -0.4 is 20.3 Å². The average Bonchev–Trinajstić information content (AvgIpc) is 2.57. The summed E-state index contributed by atoms with van der Waals surface area (Å²) < 4.78 is 11.8. The Kier molecular flexibility index (Phi) is 3.98. The lowest BCUT2D eigenvalue weighted by molar-refractivity contribution is -0.140. The second kappa shape index (κ2) is 5.87. The van der Waals surface area contributed by atoms with E-state index in [9.17, 15) is 14.4 Å². The average molecular weight is 345 g/mol. The van der Waals surface area contributed by atoms with Crippen molar-refractivity contribution in [3.63, 3.8) is 0 Å². The van der Waals surface area contributed by atoms with Crippen LogP contribution in [0.5, 0.6) is 11.5 Å². The zero-order chi connectivity index (χ0) is 18.4. The number of fused-ring (bicyclic) bond motifs is 1. The van der Waals surface area contributed by atoms with Gasteiger partial charge in [0, 0.05) is 12.5 Å². The van der Waals surface area contributed by atoms with Gasteiger partial charge in [-0.25, -0.2) is 4.98 Å². The molecule has 25 heavy (non-hydrogen) atoms. The smallest absolute Gasteiger partial charge is 0.262 e. The molecule has 132 valence electrons. The molecule has 1 aromatic carbocycles. The van der Waals surface area contributed by atoms with Gasteiger partial charge in [-0.2, -0.15) is 0 Å². The Labute approximate surface area is 143 Å². The van der Waals surface area contributed by atoms with E-state index < -0.39 is 11.4 Å². The standard InChI is InChI=1S/C17H19N3O5/c1-9-18-11-8-13(25-4)12(24-3)7-10(11)15(22)20(9)17(2)6-5-14(21)19-16(17)23/h7-8H,5-6H2,1-4H3,(H,19,21,23)/t17-/m0/s1. The Morgan fingerprint density at radius 2 is 1.80 bits per heavy atom. The van der Waals surface area contributed by atoms with Crippen molar-refractivity contribution < 1.29 is 19.1 Å². The molecule has 1 N–H and O–H groups in total. The van der Waals surface area contributed by atoms with Crippen LogP contribution in [0.2, 0.25) is 0 Å². The summed E-state index contributed by atoms with van der Waals surface area (Å²) in [6.07, 6.45) is 0.400. The fourth-order valence-corrected chi connectivity index (χ4v) is 3.21. The highest BCUT2D eigenvalue weighted by atomic mass is 16.5. The van der Waals surface area contributed by atoms with Crippen molar-refractivity contribution in [3.05, 3.63) is 28.3 Å². The molecule has 2 heterocycles. The molecule has 8 heteroatoms. The lowest BCUT2D eigenvalue weighted by atomic mass is 9.90. The first-order valence-electron chi connectivity index (χ1n) is 7.82. The van der Waals surface area contributed by atoms with Crippen molar-refractivity contribution in [1.82, 2.24) is 14.9 Å². The number of methoxy groups -OCH3 is 2. The molecule has 1 aromatic heterocycles. The monoisotopic (exact) mass is 345 g/mol. The number of rotatable bonds is 3. The number of amides is 2. The van der Waals surface area contributed by atoms with E-state index in [0.717, 1.165) is 0 Å². The first-order chi connectivity index (χ1) is 11.8. The molecule has 0 bridgehead atoms. The van der Waals surface area contributed by atoms with Gasteiger partial charge in [-0.15, -0.1) is 0 Å². The third kappa shape index (κ3) is 2.54. The molecule has 0 saturated carbocycles. The molecule has 1 saturated heterocycles. The van der Waals surface area contributed by atoms with E-state index in [1.807, 2.05) is 0 Å². The zero-order valence-corrected chi connectivity index (χ0v) is 14.5. The van der Waals surface area contributed by atoms with Crippen molar-refractivity contribution in [2.45, 2.75) is 32.2 Å². The molecule has 0 unspecified atom stereocenters. The Balaban J connectivity index is 2.28. The predicted octanol–water partition coefficient (Wildman–Crippen LogP) is 0.874. The van der Waals surface area contributed by atoms with Gasteiger partial charge in [0.2, 0.25) is 5.91 Å². The minimum Gasteiger partial charge on any atom is -0.493 e. The fourth-order valence-electron chi connectivity index (χ4n) is 3.21. The maximum Gasteiger partial charge on any atom is 0.262 e. The third-order valence-electron chi connectivity index (χ3n) is 4.62. The molecule has 1 aliphatic heterocycles. The summed E-state index contributed by atoms with van der Waals surface area (Å²) in [7, 11) is 2.98. The van der Waals surface area contributed by atoms with E-state index >= 15 is 0 Å². The van der Waals surface area contributed by atoms with Crippen LogP contribution in [-0.4, -0.2) is 35.6 Å². The van der Waals surface area contributed by atoms with Gasteiger partial charge < -0.3 is 9.47 Å². The van der Waals surface area contributed by atoms with E-state index in [1.54, 1.807) is 26.0 Å². The minimum absolute atomic E-state index is 0.165. The highest BCUT2D eigenvalue weighted by Crippen LogP contribution is 2.32. The van der Waals surface area contributed by atoms with Gasteiger partial charge in [-0.1, -0.05) is 0 Å². The van der Waals surface area contributed by atoms with Gasteiger partial charge in [0.05, 0.1) is 25.1 Å². The molecule has 8 nitrogen and oxygen atoms in total. The van der Waals surface area contributed by atoms with Crippen molar-refractivity contribution in [2.24, 2.45) is 0 Å².